The van der Waals surface area contributed by atoms with Crippen LogP contribution in [0.15, 0.2) is 36.4 Å². The minimum Gasteiger partial charge on any atom is -0.346 e. The highest BCUT2D eigenvalue weighted by Crippen LogP contribution is 2.32. The molecule has 1 atom stereocenters. The molecule has 7 nitrogen and oxygen atoms in total. The molecular formula is C23H20F3N3O4. The predicted molar refractivity (Wildman–Crippen MR) is 109 cm³/mol. The number of carbonyl (C=O) groups excluding carboxylic acids is 4. The zero-order chi connectivity index (χ0) is 23.9. The smallest absolute Gasteiger partial charge is 0.346 e. The molecule has 2 N–H and O–H groups in total. The number of benzene rings is 2. The monoisotopic (exact) mass is 459 g/mol. The summed E-state index contributed by atoms with van der Waals surface area (Å²) < 4.78 is 42.4. The SMILES string of the molecule is Cc1cc(F)ccc1C(F)(F)C(=O)NCc1ccc2c(c1)CN(C1CCC(=O)NC1=O)C2=O. The maximum absolute atomic E-state index is 14.6. The molecule has 0 aliphatic carbocycles. The number of piperidine rings is 1. The van der Waals surface area contributed by atoms with Crippen LogP contribution in [0.4, 0.5) is 13.2 Å². The average Bonchev–Trinajstić information content (AvgIpc) is 3.07. The van der Waals surface area contributed by atoms with Gasteiger partial charge in [-0.1, -0.05) is 12.1 Å². The van der Waals surface area contributed by atoms with E-state index in [4.69, 9.17) is 0 Å². The van der Waals surface area contributed by atoms with Crippen molar-refractivity contribution in [1.29, 1.82) is 0 Å². The number of aryl methyl sites for hydroxylation is 1. The molecule has 2 aliphatic rings. The number of alkyl halides is 2. The van der Waals surface area contributed by atoms with E-state index >= 15 is 0 Å². The molecule has 2 aliphatic heterocycles. The molecule has 4 amide bonds. The van der Waals surface area contributed by atoms with Crippen LogP contribution in [-0.4, -0.2) is 34.6 Å². The molecule has 4 rings (SSSR count). The van der Waals surface area contributed by atoms with E-state index in [1.807, 2.05) is 0 Å². The van der Waals surface area contributed by atoms with Crippen LogP contribution in [0.2, 0.25) is 0 Å². The van der Waals surface area contributed by atoms with Gasteiger partial charge in [0.15, 0.2) is 0 Å². The number of nitrogens with zero attached hydrogens (tertiary/aromatic N) is 1. The summed E-state index contributed by atoms with van der Waals surface area (Å²) in [4.78, 5) is 49.8. The van der Waals surface area contributed by atoms with Crippen molar-refractivity contribution >= 4 is 23.6 Å². The summed E-state index contributed by atoms with van der Waals surface area (Å²) >= 11 is 0. The number of imide groups is 1. The molecule has 1 unspecified atom stereocenters. The molecule has 33 heavy (non-hydrogen) atoms. The van der Waals surface area contributed by atoms with Gasteiger partial charge in [0, 0.05) is 30.6 Å². The molecule has 2 aromatic carbocycles. The average molecular weight is 459 g/mol. The van der Waals surface area contributed by atoms with E-state index in [-0.39, 0.29) is 43.3 Å². The molecule has 172 valence electrons. The van der Waals surface area contributed by atoms with E-state index in [0.717, 1.165) is 18.2 Å². The summed E-state index contributed by atoms with van der Waals surface area (Å²) in [6.45, 7) is 1.22. The topological polar surface area (TPSA) is 95.6 Å². The molecule has 1 fully saturated rings. The van der Waals surface area contributed by atoms with Gasteiger partial charge in [0.05, 0.1) is 0 Å². The van der Waals surface area contributed by atoms with E-state index < -0.39 is 35.2 Å². The zero-order valence-electron chi connectivity index (χ0n) is 17.6. The zero-order valence-corrected chi connectivity index (χ0v) is 17.6. The fourth-order valence-electron chi connectivity index (χ4n) is 4.13. The Morgan fingerprint density at radius 3 is 2.64 bits per heavy atom. The lowest BCUT2D eigenvalue weighted by Crippen LogP contribution is -2.52. The van der Waals surface area contributed by atoms with E-state index in [2.05, 4.69) is 10.6 Å². The second kappa shape index (κ2) is 8.34. The number of amides is 4. The third-order valence-electron chi connectivity index (χ3n) is 5.85. The van der Waals surface area contributed by atoms with Gasteiger partial charge >= 0.3 is 5.92 Å². The fraction of sp³-hybridized carbons (Fsp3) is 0.304. The highest BCUT2D eigenvalue weighted by atomic mass is 19.3. The maximum Gasteiger partial charge on any atom is 0.350 e. The van der Waals surface area contributed by atoms with Crippen molar-refractivity contribution in [3.05, 3.63) is 70.0 Å². The van der Waals surface area contributed by atoms with Crippen LogP contribution in [0.1, 0.15) is 45.5 Å². The van der Waals surface area contributed by atoms with Gasteiger partial charge in [-0.3, -0.25) is 24.5 Å². The van der Waals surface area contributed by atoms with E-state index in [9.17, 15) is 32.3 Å². The van der Waals surface area contributed by atoms with E-state index in [0.29, 0.717) is 16.7 Å². The molecule has 0 saturated carbocycles. The van der Waals surface area contributed by atoms with Gasteiger partial charge in [-0.25, -0.2) is 4.39 Å². The lowest BCUT2D eigenvalue weighted by molar-refractivity contribution is -0.147. The molecule has 0 radical (unpaired) electrons. The van der Waals surface area contributed by atoms with Gasteiger partial charge in [0.25, 0.3) is 11.8 Å². The summed E-state index contributed by atoms with van der Waals surface area (Å²) in [5.74, 6) is -7.32. The van der Waals surface area contributed by atoms with Crippen LogP contribution in [0.25, 0.3) is 0 Å². The third-order valence-corrected chi connectivity index (χ3v) is 5.85. The van der Waals surface area contributed by atoms with Crippen LogP contribution in [-0.2, 0) is 33.4 Å². The van der Waals surface area contributed by atoms with Crippen molar-refractivity contribution in [1.82, 2.24) is 15.5 Å². The molecular weight excluding hydrogens is 439 g/mol. The number of halogens is 3. The quantitative estimate of drug-likeness (QED) is 0.671. The molecule has 2 aromatic rings. The predicted octanol–water partition coefficient (Wildman–Crippen LogP) is 2.30. The van der Waals surface area contributed by atoms with Crippen molar-refractivity contribution in [3.63, 3.8) is 0 Å². The van der Waals surface area contributed by atoms with Crippen molar-refractivity contribution in [2.24, 2.45) is 0 Å². The van der Waals surface area contributed by atoms with Crippen LogP contribution in [0.5, 0.6) is 0 Å². The van der Waals surface area contributed by atoms with Crippen LogP contribution < -0.4 is 10.6 Å². The van der Waals surface area contributed by atoms with Crippen molar-refractivity contribution in [2.45, 2.75) is 44.8 Å². The molecule has 1 saturated heterocycles. The van der Waals surface area contributed by atoms with Crippen molar-refractivity contribution < 1.29 is 32.3 Å². The highest BCUT2D eigenvalue weighted by molar-refractivity contribution is 6.05. The normalized spacial score (nSPS) is 18.2. The lowest BCUT2D eigenvalue weighted by Gasteiger charge is -2.29. The van der Waals surface area contributed by atoms with Crippen LogP contribution in [0, 0.1) is 12.7 Å². The minimum atomic E-state index is -3.85. The first-order valence-electron chi connectivity index (χ1n) is 10.3. The van der Waals surface area contributed by atoms with Crippen LogP contribution in [0.3, 0.4) is 0 Å². The Bertz CT molecular complexity index is 1180. The van der Waals surface area contributed by atoms with Crippen molar-refractivity contribution in [3.8, 4) is 0 Å². The lowest BCUT2D eigenvalue weighted by atomic mass is 10.0. The Morgan fingerprint density at radius 2 is 1.94 bits per heavy atom. The highest BCUT2D eigenvalue weighted by Gasteiger charge is 2.42. The van der Waals surface area contributed by atoms with Gasteiger partial charge in [-0.15, -0.1) is 0 Å². The first-order valence-corrected chi connectivity index (χ1v) is 10.3. The molecule has 2 heterocycles. The van der Waals surface area contributed by atoms with Gasteiger partial charge < -0.3 is 10.2 Å². The second-order valence-corrected chi connectivity index (χ2v) is 8.11. The number of hydrogen-bond donors (Lipinski definition) is 2. The van der Waals surface area contributed by atoms with Gasteiger partial charge in [-0.05, 0) is 54.3 Å². The molecule has 0 aromatic heterocycles. The molecule has 0 bridgehead atoms. The van der Waals surface area contributed by atoms with Gasteiger partial charge in [0.2, 0.25) is 11.8 Å². The number of fused-ring (bicyclic) bond motifs is 1. The summed E-state index contributed by atoms with van der Waals surface area (Å²) in [6, 6.07) is 6.59. The summed E-state index contributed by atoms with van der Waals surface area (Å²) in [7, 11) is 0. The number of carbonyl (C=O) groups is 4. The third kappa shape index (κ3) is 4.20. The number of nitrogens with one attached hydrogen (secondary N) is 2. The van der Waals surface area contributed by atoms with Crippen molar-refractivity contribution in [2.75, 3.05) is 0 Å². The summed E-state index contributed by atoms with van der Waals surface area (Å²) in [6.07, 6.45) is 0.362. The maximum atomic E-state index is 14.6. The standard InChI is InChI=1S/C23H20F3N3O4/c1-12-8-15(24)3-5-17(12)23(25,26)22(33)27-10-13-2-4-16-14(9-13)11-29(21(16)32)18-6-7-19(30)28-20(18)31/h2-5,8-9,18H,6-7,10-11H2,1H3,(H,27,33)(H,28,30,31). The first-order chi connectivity index (χ1) is 15.6. The van der Waals surface area contributed by atoms with Gasteiger partial charge in [0.1, 0.15) is 11.9 Å². The largest absolute Gasteiger partial charge is 0.350 e. The summed E-state index contributed by atoms with van der Waals surface area (Å²) in [5, 5.41) is 4.41. The number of rotatable bonds is 5. The molecule has 10 heteroatoms. The number of hydrogen-bond acceptors (Lipinski definition) is 4. The van der Waals surface area contributed by atoms with E-state index in [1.54, 1.807) is 6.07 Å². The minimum absolute atomic E-state index is 0.0419. The first kappa shape index (κ1) is 22.5. The Kier molecular flexibility index (Phi) is 5.69. The van der Waals surface area contributed by atoms with Crippen LogP contribution >= 0.6 is 0 Å². The van der Waals surface area contributed by atoms with Gasteiger partial charge in [-0.2, -0.15) is 8.78 Å². The Morgan fingerprint density at radius 1 is 1.18 bits per heavy atom. The Hall–Kier alpha value is -3.69. The Balaban J connectivity index is 1.44. The summed E-state index contributed by atoms with van der Waals surface area (Å²) in [5.41, 5.74) is 0.840. The molecule has 0 spiro atoms. The Labute approximate surface area is 186 Å². The fourth-order valence-corrected chi connectivity index (χ4v) is 4.13. The van der Waals surface area contributed by atoms with E-state index in [1.165, 1.54) is 24.0 Å². The second-order valence-electron chi connectivity index (χ2n) is 8.11.